The Morgan fingerprint density at radius 1 is 1.47 bits per heavy atom. The standard InChI is InChI=1S/C12H11FN2O2/c13-9-1-3-10(4-2-9)15-12(7-14)5-8(6-12)11(16)17/h1-4,8,15H,5-6H2,(H,16,17). The molecule has 5 heteroatoms. The quantitative estimate of drug-likeness (QED) is 0.838. The fourth-order valence-corrected chi connectivity index (χ4v) is 1.99. The van der Waals surface area contributed by atoms with Gasteiger partial charge >= 0.3 is 5.97 Å². The number of benzene rings is 1. The summed E-state index contributed by atoms with van der Waals surface area (Å²) in [6.07, 6.45) is 0.548. The molecule has 1 saturated carbocycles. The number of aliphatic carboxylic acids is 1. The number of hydrogen-bond acceptors (Lipinski definition) is 3. The maximum atomic E-state index is 12.7. The van der Waals surface area contributed by atoms with Crippen LogP contribution in [0.15, 0.2) is 24.3 Å². The highest BCUT2D eigenvalue weighted by Crippen LogP contribution is 2.40. The van der Waals surface area contributed by atoms with Crippen LogP contribution in [0.4, 0.5) is 10.1 Å². The minimum absolute atomic E-state index is 0.274. The Bertz CT molecular complexity index is 472. The Labute approximate surface area is 97.7 Å². The third-order valence-electron chi connectivity index (χ3n) is 2.98. The average Bonchev–Trinajstić information content (AvgIpc) is 2.25. The number of hydrogen-bond donors (Lipinski definition) is 2. The molecule has 1 fully saturated rings. The molecule has 0 amide bonds. The van der Waals surface area contributed by atoms with Gasteiger partial charge in [-0.2, -0.15) is 5.26 Å². The summed E-state index contributed by atoms with van der Waals surface area (Å²) >= 11 is 0. The SMILES string of the molecule is N#CC1(Nc2ccc(F)cc2)CC(C(=O)O)C1. The molecule has 0 unspecified atom stereocenters. The zero-order valence-corrected chi connectivity index (χ0v) is 8.98. The molecular weight excluding hydrogens is 223 g/mol. The lowest BCUT2D eigenvalue weighted by molar-refractivity contribution is -0.145. The first-order valence-electron chi connectivity index (χ1n) is 5.22. The van der Waals surface area contributed by atoms with Gasteiger partial charge in [0, 0.05) is 5.69 Å². The third kappa shape index (κ3) is 2.21. The van der Waals surface area contributed by atoms with Crippen LogP contribution in [0.25, 0.3) is 0 Å². The predicted octanol–water partition coefficient (Wildman–Crippen LogP) is 1.99. The highest BCUT2D eigenvalue weighted by molar-refractivity contribution is 5.73. The minimum Gasteiger partial charge on any atom is -0.481 e. The molecule has 1 aromatic carbocycles. The first-order chi connectivity index (χ1) is 8.04. The fraction of sp³-hybridized carbons (Fsp3) is 0.333. The molecule has 1 aliphatic carbocycles. The predicted molar refractivity (Wildman–Crippen MR) is 58.7 cm³/mol. The summed E-state index contributed by atoms with van der Waals surface area (Å²) in [5.41, 5.74) is -0.210. The summed E-state index contributed by atoms with van der Waals surface area (Å²) in [7, 11) is 0. The van der Waals surface area contributed by atoms with Crippen molar-refractivity contribution >= 4 is 11.7 Å². The largest absolute Gasteiger partial charge is 0.481 e. The molecule has 0 spiro atoms. The van der Waals surface area contributed by atoms with Crippen molar-refractivity contribution in [2.45, 2.75) is 18.4 Å². The molecule has 0 heterocycles. The average molecular weight is 234 g/mol. The van der Waals surface area contributed by atoms with E-state index in [0.717, 1.165) is 0 Å². The van der Waals surface area contributed by atoms with Crippen LogP contribution in [0.1, 0.15) is 12.8 Å². The van der Waals surface area contributed by atoms with Crippen molar-refractivity contribution in [3.05, 3.63) is 30.1 Å². The van der Waals surface area contributed by atoms with Crippen LogP contribution in [0.3, 0.4) is 0 Å². The number of nitrogens with one attached hydrogen (secondary N) is 1. The lowest BCUT2D eigenvalue weighted by Gasteiger charge is -2.41. The highest BCUT2D eigenvalue weighted by Gasteiger charge is 2.48. The second-order valence-electron chi connectivity index (χ2n) is 4.27. The first kappa shape index (κ1) is 11.4. The van der Waals surface area contributed by atoms with E-state index in [0.29, 0.717) is 5.69 Å². The molecule has 0 radical (unpaired) electrons. The van der Waals surface area contributed by atoms with Crippen LogP contribution in [0, 0.1) is 23.1 Å². The van der Waals surface area contributed by atoms with Gasteiger partial charge in [0.05, 0.1) is 12.0 Å². The van der Waals surface area contributed by atoms with Crippen LogP contribution in [-0.4, -0.2) is 16.6 Å². The highest BCUT2D eigenvalue weighted by atomic mass is 19.1. The molecule has 0 saturated heterocycles. The number of nitriles is 1. The van der Waals surface area contributed by atoms with Crippen LogP contribution in [-0.2, 0) is 4.79 Å². The van der Waals surface area contributed by atoms with Gasteiger partial charge in [-0.25, -0.2) is 4.39 Å². The number of nitrogens with zero attached hydrogens (tertiary/aromatic N) is 1. The van der Waals surface area contributed by atoms with Crippen molar-refractivity contribution in [3.63, 3.8) is 0 Å². The lowest BCUT2D eigenvalue weighted by atomic mass is 9.69. The lowest BCUT2D eigenvalue weighted by Crippen LogP contribution is -2.51. The molecule has 1 aliphatic rings. The first-order valence-corrected chi connectivity index (χ1v) is 5.22. The number of rotatable bonds is 3. The summed E-state index contributed by atoms with van der Waals surface area (Å²) in [5.74, 6) is -1.70. The molecule has 1 aromatic rings. The van der Waals surface area contributed by atoms with Crippen LogP contribution >= 0.6 is 0 Å². The number of carboxylic acids is 1. The Hall–Kier alpha value is -2.09. The van der Waals surface area contributed by atoms with E-state index < -0.39 is 17.4 Å². The van der Waals surface area contributed by atoms with E-state index in [-0.39, 0.29) is 18.7 Å². The summed E-state index contributed by atoms with van der Waals surface area (Å²) in [5, 5.41) is 20.8. The van der Waals surface area contributed by atoms with Crippen molar-refractivity contribution in [2.24, 2.45) is 5.92 Å². The Morgan fingerprint density at radius 2 is 2.06 bits per heavy atom. The van der Waals surface area contributed by atoms with Gasteiger partial charge in [0.15, 0.2) is 0 Å². The van der Waals surface area contributed by atoms with Crippen LogP contribution < -0.4 is 5.32 Å². The van der Waals surface area contributed by atoms with E-state index in [1.165, 1.54) is 24.3 Å². The van der Waals surface area contributed by atoms with Crippen molar-refractivity contribution < 1.29 is 14.3 Å². The van der Waals surface area contributed by atoms with E-state index in [2.05, 4.69) is 11.4 Å². The van der Waals surface area contributed by atoms with Gasteiger partial charge in [0.1, 0.15) is 11.4 Å². The summed E-state index contributed by atoms with van der Waals surface area (Å²) < 4.78 is 12.7. The Kier molecular flexibility index (Phi) is 2.72. The summed E-state index contributed by atoms with van der Waals surface area (Å²) in [6, 6.07) is 7.74. The van der Waals surface area contributed by atoms with E-state index >= 15 is 0 Å². The second kappa shape index (κ2) is 4.06. The van der Waals surface area contributed by atoms with Gasteiger partial charge < -0.3 is 10.4 Å². The van der Waals surface area contributed by atoms with Gasteiger partial charge in [-0.3, -0.25) is 4.79 Å². The molecule has 88 valence electrons. The minimum atomic E-state index is -0.878. The topological polar surface area (TPSA) is 73.1 Å². The number of carbonyl (C=O) groups is 1. The molecule has 2 rings (SSSR count). The third-order valence-corrected chi connectivity index (χ3v) is 2.98. The molecule has 0 bridgehead atoms. The molecule has 17 heavy (non-hydrogen) atoms. The molecule has 0 aromatic heterocycles. The Balaban J connectivity index is 2.05. The Morgan fingerprint density at radius 3 is 2.53 bits per heavy atom. The number of anilines is 1. The zero-order chi connectivity index (χ0) is 12.5. The molecule has 0 aliphatic heterocycles. The van der Waals surface area contributed by atoms with Gasteiger partial charge in [-0.15, -0.1) is 0 Å². The van der Waals surface area contributed by atoms with E-state index in [1.807, 2.05) is 0 Å². The molecule has 0 atom stereocenters. The molecular formula is C12H11FN2O2. The smallest absolute Gasteiger partial charge is 0.306 e. The fourth-order valence-electron chi connectivity index (χ4n) is 1.99. The number of halogens is 1. The monoisotopic (exact) mass is 234 g/mol. The van der Waals surface area contributed by atoms with E-state index in [4.69, 9.17) is 10.4 Å². The summed E-state index contributed by atoms with van der Waals surface area (Å²) in [6.45, 7) is 0. The zero-order valence-electron chi connectivity index (χ0n) is 8.98. The van der Waals surface area contributed by atoms with E-state index in [9.17, 15) is 9.18 Å². The van der Waals surface area contributed by atoms with Gasteiger partial charge in [0.25, 0.3) is 0 Å². The molecule has 4 nitrogen and oxygen atoms in total. The van der Waals surface area contributed by atoms with Crippen molar-refractivity contribution in [1.29, 1.82) is 5.26 Å². The maximum absolute atomic E-state index is 12.7. The normalized spacial score (nSPS) is 26.7. The van der Waals surface area contributed by atoms with Gasteiger partial charge in [-0.1, -0.05) is 0 Å². The maximum Gasteiger partial charge on any atom is 0.306 e. The summed E-state index contributed by atoms with van der Waals surface area (Å²) in [4.78, 5) is 10.7. The molecule has 2 N–H and O–H groups in total. The van der Waals surface area contributed by atoms with Crippen molar-refractivity contribution in [2.75, 3.05) is 5.32 Å². The van der Waals surface area contributed by atoms with Crippen molar-refractivity contribution in [1.82, 2.24) is 0 Å². The van der Waals surface area contributed by atoms with Crippen molar-refractivity contribution in [3.8, 4) is 6.07 Å². The van der Waals surface area contributed by atoms with Crippen LogP contribution in [0.5, 0.6) is 0 Å². The van der Waals surface area contributed by atoms with Gasteiger partial charge in [0.2, 0.25) is 0 Å². The van der Waals surface area contributed by atoms with Crippen LogP contribution in [0.2, 0.25) is 0 Å². The van der Waals surface area contributed by atoms with E-state index in [1.54, 1.807) is 0 Å². The number of carboxylic acid groups (broad SMARTS) is 1. The second-order valence-corrected chi connectivity index (χ2v) is 4.27. The van der Waals surface area contributed by atoms with Gasteiger partial charge in [-0.05, 0) is 37.1 Å².